The van der Waals surface area contributed by atoms with E-state index in [1.54, 1.807) is 12.1 Å². The second-order valence-electron chi connectivity index (χ2n) is 5.17. The molecule has 0 saturated heterocycles. The van der Waals surface area contributed by atoms with Crippen LogP contribution in [0.25, 0.3) is 0 Å². The average Bonchev–Trinajstić information content (AvgIpc) is 2.49. The molecule has 0 aromatic heterocycles. The average molecular weight is 276 g/mol. The molecular formula is C17H28N2O. The van der Waals surface area contributed by atoms with Gasteiger partial charge in [0.05, 0.1) is 0 Å². The van der Waals surface area contributed by atoms with Crippen molar-refractivity contribution in [3.8, 4) is 0 Å². The van der Waals surface area contributed by atoms with Crippen LogP contribution >= 0.6 is 0 Å². The molecule has 112 valence electrons. The first-order valence-electron chi connectivity index (χ1n) is 7.62. The first kappa shape index (κ1) is 16.4. The van der Waals surface area contributed by atoms with Crippen molar-refractivity contribution in [3.05, 3.63) is 35.9 Å². The molecule has 3 heteroatoms. The number of carbonyl (C=O) groups is 1. The van der Waals surface area contributed by atoms with E-state index in [2.05, 4.69) is 17.5 Å². The zero-order chi connectivity index (χ0) is 14.6. The molecule has 3 nitrogen and oxygen atoms in total. The summed E-state index contributed by atoms with van der Waals surface area (Å²) in [6.07, 6.45) is 8.61. The minimum atomic E-state index is -0.145. The topological polar surface area (TPSA) is 41.5 Å². The van der Waals surface area contributed by atoms with E-state index in [0.29, 0.717) is 5.56 Å². The van der Waals surface area contributed by atoms with Crippen molar-refractivity contribution in [2.45, 2.75) is 58.8 Å². The molecule has 0 unspecified atom stereocenters. The van der Waals surface area contributed by atoms with E-state index >= 15 is 0 Å². The third-order valence-corrected chi connectivity index (χ3v) is 3.28. The maximum absolute atomic E-state index is 11.8. The molecule has 0 aliphatic carbocycles. The van der Waals surface area contributed by atoms with Crippen LogP contribution in [0, 0.1) is 0 Å². The SMILES string of the molecule is CCCCCCCC/C(C)=N\NC(=O)c1ccccc1.[HH]. The number of rotatable bonds is 9. The smallest absolute Gasteiger partial charge is 0.267 e. The second-order valence-corrected chi connectivity index (χ2v) is 5.17. The van der Waals surface area contributed by atoms with Crippen molar-refractivity contribution in [3.63, 3.8) is 0 Å². The third kappa shape index (κ3) is 7.07. The highest BCUT2D eigenvalue weighted by Gasteiger charge is 2.02. The van der Waals surface area contributed by atoms with E-state index in [1.807, 2.05) is 25.1 Å². The fourth-order valence-corrected chi connectivity index (χ4v) is 2.02. The predicted molar refractivity (Wildman–Crippen MR) is 87.1 cm³/mol. The van der Waals surface area contributed by atoms with Crippen LogP contribution in [0.3, 0.4) is 0 Å². The highest BCUT2D eigenvalue weighted by atomic mass is 16.2. The number of nitrogens with one attached hydrogen (secondary N) is 1. The van der Waals surface area contributed by atoms with Crippen LogP contribution in [-0.2, 0) is 0 Å². The number of hydrogen-bond acceptors (Lipinski definition) is 2. The van der Waals surface area contributed by atoms with Gasteiger partial charge in [-0.3, -0.25) is 4.79 Å². The predicted octanol–water partition coefficient (Wildman–Crippen LogP) is 4.79. The van der Waals surface area contributed by atoms with Gasteiger partial charge in [-0.1, -0.05) is 57.2 Å². The van der Waals surface area contributed by atoms with Gasteiger partial charge in [-0.05, 0) is 31.9 Å². The lowest BCUT2D eigenvalue weighted by molar-refractivity contribution is 0.0954. The number of hydrazone groups is 1. The molecule has 0 bridgehead atoms. The Balaban J connectivity index is 0.00000400. The maximum Gasteiger partial charge on any atom is 0.271 e. The van der Waals surface area contributed by atoms with E-state index in [4.69, 9.17) is 0 Å². The Kier molecular flexibility index (Phi) is 8.36. The summed E-state index contributed by atoms with van der Waals surface area (Å²) in [7, 11) is 0. The Morgan fingerprint density at radius 2 is 1.75 bits per heavy atom. The first-order valence-corrected chi connectivity index (χ1v) is 7.62. The van der Waals surface area contributed by atoms with Crippen LogP contribution in [0.5, 0.6) is 0 Å². The van der Waals surface area contributed by atoms with Gasteiger partial charge >= 0.3 is 0 Å². The summed E-state index contributed by atoms with van der Waals surface area (Å²) in [6.45, 7) is 4.20. The largest absolute Gasteiger partial charge is 0.271 e. The Morgan fingerprint density at radius 1 is 1.10 bits per heavy atom. The number of amides is 1. The molecule has 0 spiro atoms. The molecular weight excluding hydrogens is 248 g/mol. The Hall–Kier alpha value is -1.64. The molecule has 0 heterocycles. The van der Waals surface area contributed by atoms with E-state index in [-0.39, 0.29) is 7.33 Å². The van der Waals surface area contributed by atoms with Gasteiger partial charge in [0.25, 0.3) is 5.91 Å². The lowest BCUT2D eigenvalue weighted by Gasteiger charge is -2.03. The van der Waals surface area contributed by atoms with Gasteiger partial charge in [-0.15, -0.1) is 0 Å². The molecule has 1 aromatic rings. The molecule has 1 aromatic carbocycles. The van der Waals surface area contributed by atoms with Crippen molar-refractivity contribution in [1.82, 2.24) is 5.43 Å². The summed E-state index contributed by atoms with van der Waals surface area (Å²) >= 11 is 0. The van der Waals surface area contributed by atoms with Gasteiger partial charge < -0.3 is 0 Å². The zero-order valence-electron chi connectivity index (χ0n) is 12.7. The fraction of sp³-hybridized carbons (Fsp3) is 0.529. The van der Waals surface area contributed by atoms with Crippen molar-refractivity contribution in [2.75, 3.05) is 0 Å². The highest BCUT2D eigenvalue weighted by molar-refractivity contribution is 5.95. The van der Waals surface area contributed by atoms with Crippen LogP contribution in [0.2, 0.25) is 0 Å². The molecule has 1 amide bonds. The fourth-order valence-electron chi connectivity index (χ4n) is 2.02. The molecule has 0 aliphatic rings. The molecule has 1 N–H and O–H groups in total. The van der Waals surface area contributed by atoms with Crippen LogP contribution < -0.4 is 5.43 Å². The second kappa shape index (κ2) is 10.2. The van der Waals surface area contributed by atoms with Crippen molar-refractivity contribution >= 4 is 11.6 Å². The standard InChI is InChI=1S/C17H26N2O.H2/c1-3-4-5-6-7-9-12-15(2)18-19-17(20)16-13-10-8-11-14-16;/h8,10-11,13-14H,3-7,9,12H2,1-2H3,(H,19,20);1H/b18-15-;. The van der Waals surface area contributed by atoms with Gasteiger partial charge in [-0.25, -0.2) is 5.43 Å². The summed E-state index contributed by atoms with van der Waals surface area (Å²) in [4.78, 5) is 11.8. The summed E-state index contributed by atoms with van der Waals surface area (Å²) in [5.74, 6) is -0.145. The summed E-state index contributed by atoms with van der Waals surface area (Å²) in [5, 5.41) is 4.15. The summed E-state index contributed by atoms with van der Waals surface area (Å²) < 4.78 is 0. The zero-order valence-corrected chi connectivity index (χ0v) is 12.7. The summed E-state index contributed by atoms with van der Waals surface area (Å²) in [6, 6.07) is 9.16. The Morgan fingerprint density at radius 3 is 2.45 bits per heavy atom. The summed E-state index contributed by atoms with van der Waals surface area (Å²) in [5.41, 5.74) is 4.24. The van der Waals surface area contributed by atoms with Gasteiger partial charge in [0.1, 0.15) is 0 Å². The van der Waals surface area contributed by atoms with Crippen LogP contribution in [0.1, 0.15) is 70.6 Å². The van der Waals surface area contributed by atoms with E-state index in [9.17, 15) is 4.79 Å². The van der Waals surface area contributed by atoms with Crippen molar-refractivity contribution in [2.24, 2.45) is 5.10 Å². The molecule has 0 saturated carbocycles. The van der Waals surface area contributed by atoms with Gasteiger partial charge in [0.15, 0.2) is 0 Å². The van der Waals surface area contributed by atoms with Crippen LogP contribution in [-0.4, -0.2) is 11.6 Å². The third-order valence-electron chi connectivity index (χ3n) is 3.28. The number of unbranched alkanes of at least 4 members (excludes halogenated alkanes) is 5. The van der Waals surface area contributed by atoms with Crippen LogP contribution in [0.15, 0.2) is 35.4 Å². The number of hydrogen-bond donors (Lipinski definition) is 1. The maximum atomic E-state index is 11.8. The van der Waals surface area contributed by atoms with E-state index < -0.39 is 0 Å². The molecule has 0 atom stereocenters. The Bertz CT molecular complexity index is 418. The van der Waals surface area contributed by atoms with Crippen LogP contribution in [0.4, 0.5) is 0 Å². The van der Waals surface area contributed by atoms with E-state index in [0.717, 1.165) is 18.6 Å². The van der Waals surface area contributed by atoms with Gasteiger partial charge in [0.2, 0.25) is 0 Å². The Labute approximate surface area is 124 Å². The number of carbonyl (C=O) groups excluding carboxylic acids is 1. The van der Waals surface area contributed by atoms with Crippen molar-refractivity contribution < 1.29 is 6.22 Å². The molecule has 0 fully saturated rings. The minimum Gasteiger partial charge on any atom is -0.267 e. The monoisotopic (exact) mass is 276 g/mol. The highest BCUT2D eigenvalue weighted by Crippen LogP contribution is 2.07. The molecule has 1 rings (SSSR count). The quantitative estimate of drug-likeness (QED) is 0.393. The van der Waals surface area contributed by atoms with Crippen molar-refractivity contribution in [1.29, 1.82) is 0 Å². The molecule has 0 radical (unpaired) electrons. The lowest BCUT2D eigenvalue weighted by Crippen LogP contribution is -2.18. The van der Waals surface area contributed by atoms with E-state index in [1.165, 1.54) is 32.1 Å². The normalized spacial score (nSPS) is 11.4. The first-order chi connectivity index (χ1) is 9.74. The van der Waals surface area contributed by atoms with Gasteiger partial charge in [-0.2, -0.15) is 5.10 Å². The minimum absolute atomic E-state index is 0. The number of nitrogens with zero attached hydrogens (tertiary/aromatic N) is 1. The molecule has 0 aliphatic heterocycles. The lowest BCUT2D eigenvalue weighted by atomic mass is 10.1. The number of benzene rings is 1. The molecule has 20 heavy (non-hydrogen) atoms. The van der Waals surface area contributed by atoms with Gasteiger partial charge in [0, 0.05) is 12.7 Å².